The largest absolute Gasteiger partial charge is 0.0654 e. The van der Waals surface area contributed by atoms with Crippen LogP contribution in [-0.4, -0.2) is 0 Å². The molecule has 0 aliphatic carbocycles. The Bertz CT molecular complexity index is 269. The van der Waals surface area contributed by atoms with E-state index in [1.54, 1.807) is 0 Å². The molecule has 0 fully saturated rings. The molecule has 0 heterocycles. The second-order valence-corrected chi connectivity index (χ2v) is 9.33. The van der Waals surface area contributed by atoms with E-state index >= 15 is 0 Å². The second-order valence-electron chi connectivity index (χ2n) is 9.33. The summed E-state index contributed by atoms with van der Waals surface area (Å²) in [5, 5.41) is 0. The van der Waals surface area contributed by atoms with E-state index in [2.05, 4.69) is 41.5 Å². The molecule has 26 heavy (non-hydrogen) atoms. The van der Waals surface area contributed by atoms with Gasteiger partial charge >= 0.3 is 0 Å². The molecule has 0 amide bonds. The van der Waals surface area contributed by atoms with Gasteiger partial charge < -0.3 is 0 Å². The van der Waals surface area contributed by atoms with Gasteiger partial charge in [-0.05, 0) is 30.1 Å². The summed E-state index contributed by atoms with van der Waals surface area (Å²) in [6, 6.07) is 0. The quantitative estimate of drug-likeness (QED) is 0.199. The van der Waals surface area contributed by atoms with Crippen molar-refractivity contribution in [2.24, 2.45) is 23.7 Å². The number of unbranched alkanes of at least 4 members (excludes halogenated alkanes) is 6. The van der Waals surface area contributed by atoms with Gasteiger partial charge in [-0.3, -0.25) is 0 Å². The lowest BCUT2D eigenvalue weighted by Crippen LogP contribution is -2.22. The van der Waals surface area contributed by atoms with Crippen molar-refractivity contribution in [1.29, 1.82) is 0 Å². The molecule has 0 aliphatic rings. The highest BCUT2D eigenvalue weighted by Gasteiger charge is 2.25. The summed E-state index contributed by atoms with van der Waals surface area (Å²) in [7, 11) is 0. The van der Waals surface area contributed by atoms with Crippen LogP contribution in [0.3, 0.4) is 0 Å². The van der Waals surface area contributed by atoms with Crippen molar-refractivity contribution < 1.29 is 0 Å². The fourth-order valence-electron chi connectivity index (χ4n) is 4.86. The molecule has 0 N–H and O–H groups in total. The first-order chi connectivity index (χ1) is 12.6. The van der Waals surface area contributed by atoms with Crippen LogP contribution in [0.5, 0.6) is 0 Å². The third kappa shape index (κ3) is 13.2. The van der Waals surface area contributed by atoms with E-state index < -0.39 is 0 Å². The molecule has 0 aromatic carbocycles. The third-order valence-corrected chi connectivity index (χ3v) is 6.85. The Labute approximate surface area is 168 Å². The minimum absolute atomic E-state index is 0.933. The van der Waals surface area contributed by atoms with E-state index in [0.717, 1.165) is 23.7 Å². The molecule has 4 unspecified atom stereocenters. The lowest BCUT2D eigenvalue weighted by atomic mass is 9.73. The van der Waals surface area contributed by atoms with Crippen molar-refractivity contribution in [3.63, 3.8) is 0 Å². The van der Waals surface area contributed by atoms with Gasteiger partial charge in [0.15, 0.2) is 0 Å². The predicted molar refractivity (Wildman–Crippen MR) is 122 cm³/mol. The van der Waals surface area contributed by atoms with Gasteiger partial charge in [-0.25, -0.2) is 0 Å². The fraction of sp³-hybridized carbons (Fsp3) is 1.00. The van der Waals surface area contributed by atoms with Crippen molar-refractivity contribution in [3.8, 4) is 0 Å². The Morgan fingerprint density at radius 2 is 1.08 bits per heavy atom. The normalized spacial score (nSPS) is 16.4. The summed E-state index contributed by atoms with van der Waals surface area (Å²) in [6.45, 7) is 14.4. The Hall–Kier alpha value is 0. The van der Waals surface area contributed by atoms with Gasteiger partial charge in [0.25, 0.3) is 0 Å². The highest BCUT2D eigenvalue weighted by atomic mass is 14.3. The van der Waals surface area contributed by atoms with Crippen molar-refractivity contribution in [1.82, 2.24) is 0 Å². The van der Waals surface area contributed by atoms with Crippen molar-refractivity contribution in [2.75, 3.05) is 0 Å². The van der Waals surface area contributed by atoms with E-state index in [9.17, 15) is 0 Å². The summed E-state index contributed by atoms with van der Waals surface area (Å²) in [5.74, 6) is 3.86. The fourth-order valence-corrected chi connectivity index (χ4v) is 4.86. The van der Waals surface area contributed by atoms with Crippen LogP contribution in [0.1, 0.15) is 144 Å². The minimum atomic E-state index is 0.933. The summed E-state index contributed by atoms with van der Waals surface area (Å²) >= 11 is 0. The molecule has 0 nitrogen and oxygen atoms in total. The van der Waals surface area contributed by atoms with Gasteiger partial charge in [0.05, 0.1) is 0 Å². The molecule has 4 atom stereocenters. The molecular weight excluding hydrogens is 312 g/mol. The predicted octanol–water partition coefficient (Wildman–Crippen LogP) is 9.81. The standard InChI is InChI=1S/C26H54/c1-7-11-12-16-21-25(19-9-3)26(24(6)18-8-2)22-17-14-13-15-20-23(5)10-4/h23-26H,7-22H2,1-6H3. The maximum absolute atomic E-state index is 2.56. The molecule has 0 saturated heterocycles. The topological polar surface area (TPSA) is 0 Å². The molecule has 0 heteroatoms. The number of hydrogen-bond acceptors (Lipinski definition) is 0. The molecule has 158 valence electrons. The van der Waals surface area contributed by atoms with Crippen molar-refractivity contribution >= 4 is 0 Å². The molecule has 0 rings (SSSR count). The van der Waals surface area contributed by atoms with Crippen LogP contribution in [0, 0.1) is 23.7 Å². The van der Waals surface area contributed by atoms with Crippen LogP contribution in [0.25, 0.3) is 0 Å². The van der Waals surface area contributed by atoms with Gasteiger partial charge in [0.1, 0.15) is 0 Å². The number of hydrogen-bond donors (Lipinski definition) is 0. The monoisotopic (exact) mass is 366 g/mol. The highest BCUT2D eigenvalue weighted by molar-refractivity contribution is 4.75. The maximum Gasteiger partial charge on any atom is -0.0360 e. The third-order valence-electron chi connectivity index (χ3n) is 6.85. The van der Waals surface area contributed by atoms with Crippen LogP contribution in [-0.2, 0) is 0 Å². The van der Waals surface area contributed by atoms with Gasteiger partial charge in [-0.15, -0.1) is 0 Å². The van der Waals surface area contributed by atoms with Crippen LogP contribution < -0.4 is 0 Å². The Morgan fingerprint density at radius 1 is 0.500 bits per heavy atom. The Balaban J connectivity index is 4.40. The van der Waals surface area contributed by atoms with E-state index in [-0.39, 0.29) is 0 Å². The maximum atomic E-state index is 2.56. The summed E-state index contributed by atoms with van der Waals surface area (Å²) in [5.41, 5.74) is 0. The SMILES string of the molecule is CCCCCCC(CCC)C(CCCCCCC(C)CC)C(C)CCC. The van der Waals surface area contributed by atoms with E-state index in [0.29, 0.717) is 0 Å². The van der Waals surface area contributed by atoms with Crippen molar-refractivity contribution in [2.45, 2.75) is 144 Å². The van der Waals surface area contributed by atoms with Crippen LogP contribution in [0.15, 0.2) is 0 Å². The zero-order valence-electron chi connectivity index (χ0n) is 19.6. The van der Waals surface area contributed by atoms with Gasteiger partial charge in [0.2, 0.25) is 0 Å². The number of rotatable bonds is 19. The average molecular weight is 367 g/mol. The van der Waals surface area contributed by atoms with E-state index in [1.165, 1.54) is 103 Å². The van der Waals surface area contributed by atoms with E-state index in [1.807, 2.05) is 0 Å². The molecule has 0 spiro atoms. The average Bonchev–Trinajstić information content (AvgIpc) is 2.63. The smallest absolute Gasteiger partial charge is 0.0360 e. The summed E-state index contributed by atoms with van der Waals surface area (Å²) < 4.78 is 0. The second kappa shape index (κ2) is 18.4. The zero-order valence-corrected chi connectivity index (χ0v) is 19.6. The van der Waals surface area contributed by atoms with Gasteiger partial charge in [-0.2, -0.15) is 0 Å². The molecule has 0 radical (unpaired) electrons. The molecule has 0 aromatic rings. The molecule has 0 saturated carbocycles. The van der Waals surface area contributed by atoms with Gasteiger partial charge in [0, 0.05) is 0 Å². The van der Waals surface area contributed by atoms with Crippen LogP contribution >= 0.6 is 0 Å². The lowest BCUT2D eigenvalue weighted by Gasteiger charge is -2.32. The van der Waals surface area contributed by atoms with Crippen molar-refractivity contribution in [3.05, 3.63) is 0 Å². The summed E-state index contributed by atoms with van der Waals surface area (Å²) in [4.78, 5) is 0. The van der Waals surface area contributed by atoms with E-state index in [4.69, 9.17) is 0 Å². The molecular formula is C26H54. The summed E-state index contributed by atoms with van der Waals surface area (Å²) in [6.07, 6.45) is 23.1. The Morgan fingerprint density at radius 3 is 1.65 bits per heavy atom. The Kier molecular flexibility index (Phi) is 18.4. The minimum Gasteiger partial charge on any atom is -0.0654 e. The molecule has 0 aromatic heterocycles. The zero-order chi connectivity index (χ0) is 19.6. The molecule has 0 bridgehead atoms. The lowest BCUT2D eigenvalue weighted by molar-refractivity contribution is 0.182. The molecule has 0 aliphatic heterocycles. The first kappa shape index (κ1) is 26.0. The van der Waals surface area contributed by atoms with Crippen LogP contribution in [0.2, 0.25) is 0 Å². The first-order valence-electron chi connectivity index (χ1n) is 12.6. The van der Waals surface area contributed by atoms with Crippen LogP contribution in [0.4, 0.5) is 0 Å². The highest BCUT2D eigenvalue weighted by Crippen LogP contribution is 2.36. The first-order valence-corrected chi connectivity index (χ1v) is 12.6. The van der Waals surface area contributed by atoms with Gasteiger partial charge in [-0.1, -0.05) is 138 Å².